The lowest BCUT2D eigenvalue weighted by Gasteiger charge is -2.14. The van der Waals surface area contributed by atoms with Crippen LogP contribution in [0.1, 0.15) is 11.1 Å². The summed E-state index contributed by atoms with van der Waals surface area (Å²) < 4.78 is 2.06. The van der Waals surface area contributed by atoms with Gasteiger partial charge in [0.05, 0.1) is 17.1 Å². The van der Waals surface area contributed by atoms with Crippen molar-refractivity contribution in [1.29, 1.82) is 0 Å². The third-order valence-electron chi connectivity index (χ3n) is 3.88. The Morgan fingerprint density at radius 1 is 1.15 bits per heavy atom. The molecule has 4 nitrogen and oxygen atoms in total. The van der Waals surface area contributed by atoms with Crippen LogP contribution < -0.4 is 4.90 Å². The topological polar surface area (TPSA) is 40.6 Å². The van der Waals surface area contributed by atoms with Crippen LogP contribution in [-0.4, -0.2) is 30.1 Å². The van der Waals surface area contributed by atoms with Crippen LogP contribution in [0.5, 0.6) is 0 Å². The lowest BCUT2D eigenvalue weighted by Crippen LogP contribution is -2.27. The third kappa shape index (κ3) is 4.32. The zero-order chi connectivity index (χ0) is 18.8. The van der Waals surface area contributed by atoms with E-state index in [9.17, 15) is 9.59 Å². The van der Waals surface area contributed by atoms with Gasteiger partial charge in [-0.2, -0.15) is 0 Å². The Labute approximate surface area is 178 Å². The number of imide groups is 1. The van der Waals surface area contributed by atoms with Crippen molar-refractivity contribution in [3.63, 3.8) is 0 Å². The van der Waals surface area contributed by atoms with E-state index in [1.165, 1.54) is 4.90 Å². The third-order valence-corrected chi connectivity index (χ3v) is 6.14. The van der Waals surface area contributed by atoms with Crippen molar-refractivity contribution in [2.75, 3.05) is 19.0 Å². The maximum absolute atomic E-state index is 12.6. The Hall–Kier alpha value is -1.32. The van der Waals surface area contributed by atoms with Gasteiger partial charge < -0.3 is 4.90 Å². The molecule has 1 aliphatic rings. The van der Waals surface area contributed by atoms with Crippen molar-refractivity contribution >= 4 is 73.2 Å². The Morgan fingerprint density at radius 3 is 2.46 bits per heavy atom. The zero-order valence-corrected chi connectivity index (χ0v) is 18.8. The minimum atomic E-state index is -0.244. The van der Waals surface area contributed by atoms with Crippen LogP contribution in [0.3, 0.4) is 0 Å². The van der Waals surface area contributed by atoms with Crippen molar-refractivity contribution in [2.24, 2.45) is 0 Å². The molecule has 0 saturated carbocycles. The Balaban J connectivity index is 1.80. The summed E-state index contributed by atoms with van der Waals surface area (Å²) in [6, 6.07) is 13.7. The van der Waals surface area contributed by atoms with Gasteiger partial charge in [-0.1, -0.05) is 18.2 Å². The maximum atomic E-state index is 12.6. The first-order chi connectivity index (χ1) is 12.3. The number of hydrogen-bond acceptors (Lipinski definition) is 4. The molecular weight excluding hydrogens is 527 g/mol. The van der Waals surface area contributed by atoms with Gasteiger partial charge in [0, 0.05) is 22.1 Å². The van der Waals surface area contributed by atoms with Crippen LogP contribution in [0.15, 0.2) is 51.8 Å². The van der Waals surface area contributed by atoms with Crippen LogP contribution in [0, 0.1) is 3.57 Å². The Kier molecular flexibility index (Phi) is 6.09. The van der Waals surface area contributed by atoms with Gasteiger partial charge in [-0.3, -0.25) is 14.5 Å². The normalized spacial score (nSPS) is 15.8. The van der Waals surface area contributed by atoms with Crippen molar-refractivity contribution in [1.82, 2.24) is 4.90 Å². The molecule has 1 saturated heterocycles. The molecule has 0 aromatic heterocycles. The monoisotopic (exact) mass is 542 g/mol. The van der Waals surface area contributed by atoms with E-state index in [2.05, 4.69) is 38.5 Å². The molecular formula is C19H16BrIN2O2S. The SMILES string of the molecule is CN(C)c1ccc(/C=C2\SC(=O)N(Cc3ccc(I)cc3)C2=O)cc1Br. The van der Waals surface area contributed by atoms with Crippen LogP contribution in [0.25, 0.3) is 6.08 Å². The molecule has 2 aromatic carbocycles. The highest BCUT2D eigenvalue weighted by atomic mass is 127. The first kappa shape index (κ1) is 19.4. The van der Waals surface area contributed by atoms with Crippen LogP contribution in [0.4, 0.5) is 10.5 Å². The number of nitrogens with zero attached hydrogens (tertiary/aromatic N) is 2. The second-order valence-electron chi connectivity index (χ2n) is 6.00. The quantitative estimate of drug-likeness (QED) is 0.385. The molecule has 0 aliphatic carbocycles. The molecule has 0 radical (unpaired) electrons. The van der Waals surface area contributed by atoms with E-state index >= 15 is 0 Å². The fourth-order valence-corrected chi connectivity index (χ4v) is 4.48. The minimum absolute atomic E-state index is 0.233. The van der Waals surface area contributed by atoms with E-state index in [1.54, 1.807) is 6.08 Å². The minimum Gasteiger partial charge on any atom is -0.377 e. The lowest BCUT2D eigenvalue weighted by atomic mass is 10.1. The lowest BCUT2D eigenvalue weighted by molar-refractivity contribution is -0.123. The highest BCUT2D eigenvalue weighted by Gasteiger charge is 2.34. The summed E-state index contributed by atoms with van der Waals surface area (Å²) in [6.45, 7) is 0.294. The van der Waals surface area contributed by atoms with Gasteiger partial charge in [0.1, 0.15) is 0 Å². The molecule has 0 N–H and O–H groups in total. The molecule has 0 unspecified atom stereocenters. The van der Waals surface area contributed by atoms with Gasteiger partial charge in [0.25, 0.3) is 11.1 Å². The van der Waals surface area contributed by atoms with Crippen LogP contribution >= 0.6 is 50.3 Å². The second kappa shape index (κ2) is 8.14. The number of thioether (sulfide) groups is 1. The summed E-state index contributed by atoms with van der Waals surface area (Å²) in [6.07, 6.45) is 1.77. The Bertz CT molecular complexity index is 897. The average Bonchev–Trinajstić information content (AvgIpc) is 2.84. The van der Waals surface area contributed by atoms with Gasteiger partial charge in [-0.05, 0) is 91.8 Å². The number of carbonyl (C=O) groups excluding carboxylic acids is 2. The molecule has 7 heteroatoms. The smallest absolute Gasteiger partial charge is 0.293 e. The number of benzene rings is 2. The summed E-state index contributed by atoms with van der Waals surface area (Å²) in [5.74, 6) is -0.244. The number of rotatable bonds is 4. The molecule has 26 heavy (non-hydrogen) atoms. The molecule has 0 atom stereocenters. The van der Waals surface area contributed by atoms with Crippen molar-refractivity contribution in [3.05, 3.63) is 66.5 Å². The van der Waals surface area contributed by atoms with Crippen molar-refractivity contribution in [3.8, 4) is 0 Å². The summed E-state index contributed by atoms with van der Waals surface area (Å²) in [5, 5.41) is -0.233. The van der Waals surface area contributed by atoms with E-state index in [0.717, 1.165) is 36.6 Å². The van der Waals surface area contributed by atoms with E-state index in [4.69, 9.17) is 0 Å². The zero-order valence-electron chi connectivity index (χ0n) is 14.2. The Morgan fingerprint density at radius 2 is 1.85 bits per heavy atom. The first-order valence-electron chi connectivity index (χ1n) is 7.82. The van der Waals surface area contributed by atoms with E-state index < -0.39 is 0 Å². The summed E-state index contributed by atoms with van der Waals surface area (Å²) in [5.41, 5.74) is 2.86. The predicted molar refractivity (Wildman–Crippen MR) is 119 cm³/mol. The number of amides is 2. The predicted octanol–water partition coefficient (Wildman–Crippen LogP) is 5.36. The number of halogens is 2. The van der Waals surface area contributed by atoms with E-state index in [0.29, 0.717) is 11.4 Å². The van der Waals surface area contributed by atoms with Crippen molar-refractivity contribution in [2.45, 2.75) is 6.54 Å². The van der Waals surface area contributed by atoms with E-state index in [1.807, 2.05) is 61.5 Å². The number of anilines is 1. The number of carbonyl (C=O) groups is 2. The van der Waals surface area contributed by atoms with Gasteiger partial charge in [0.15, 0.2) is 0 Å². The summed E-state index contributed by atoms with van der Waals surface area (Å²) in [4.78, 5) is 28.7. The first-order valence-corrected chi connectivity index (χ1v) is 10.5. The van der Waals surface area contributed by atoms with Gasteiger partial charge in [0.2, 0.25) is 0 Å². The average molecular weight is 543 g/mol. The van der Waals surface area contributed by atoms with Crippen LogP contribution in [-0.2, 0) is 11.3 Å². The molecule has 2 amide bonds. The highest BCUT2D eigenvalue weighted by Crippen LogP contribution is 2.34. The molecule has 2 aromatic rings. The number of hydrogen-bond donors (Lipinski definition) is 0. The highest BCUT2D eigenvalue weighted by molar-refractivity contribution is 14.1. The van der Waals surface area contributed by atoms with Crippen LogP contribution in [0.2, 0.25) is 0 Å². The molecule has 0 spiro atoms. The van der Waals surface area contributed by atoms with Gasteiger partial charge >= 0.3 is 0 Å². The van der Waals surface area contributed by atoms with E-state index in [-0.39, 0.29) is 11.1 Å². The molecule has 1 fully saturated rings. The molecule has 1 aliphatic heterocycles. The standard InChI is InChI=1S/C19H16BrIN2O2S/c1-22(2)16-8-5-13(9-15(16)20)10-17-18(24)23(19(25)26-17)11-12-3-6-14(21)7-4-12/h3-10H,11H2,1-2H3/b17-10-. The fraction of sp³-hybridized carbons (Fsp3) is 0.158. The van der Waals surface area contributed by atoms with Gasteiger partial charge in [-0.15, -0.1) is 0 Å². The molecule has 0 bridgehead atoms. The fourth-order valence-electron chi connectivity index (χ4n) is 2.54. The van der Waals surface area contributed by atoms with Crippen molar-refractivity contribution < 1.29 is 9.59 Å². The molecule has 3 rings (SSSR count). The summed E-state index contributed by atoms with van der Waals surface area (Å²) >= 11 is 6.76. The molecule has 1 heterocycles. The maximum Gasteiger partial charge on any atom is 0.293 e. The largest absolute Gasteiger partial charge is 0.377 e. The van der Waals surface area contributed by atoms with Gasteiger partial charge in [-0.25, -0.2) is 0 Å². The second-order valence-corrected chi connectivity index (χ2v) is 9.09. The summed E-state index contributed by atoms with van der Waals surface area (Å²) in [7, 11) is 3.94. The molecule has 134 valence electrons.